The Kier molecular flexibility index (Phi) is 13.7. The normalized spacial score (nSPS) is 10.6. The van der Waals surface area contributed by atoms with Crippen LogP contribution in [0.1, 0.15) is 71.1 Å². The average Bonchev–Trinajstić information content (AvgIpc) is 2.50. The van der Waals surface area contributed by atoms with E-state index < -0.39 is 0 Å². The lowest BCUT2D eigenvalue weighted by Gasteiger charge is -2.33. The Hall–Kier alpha value is -1.36. The van der Waals surface area contributed by atoms with Crippen LogP contribution in [0.5, 0.6) is 0 Å². The van der Waals surface area contributed by atoms with E-state index in [0.717, 1.165) is 6.54 Å². The highest BCUT2D eigenvalue weighted by Gasteiger charge is 2.23. The molecule has 0 saturated heterocycles. The van der Waals surface area contributed by atoms with Gasteiger partial charge in [0.1, 0.15) is 19.6 Å². The number of rotatable bonds is 14. The largest absolute Gasteiger partial charge is 0.293 e. The molecule has 0 bridgehead atoms. The average molecular weight is 301 g/mol. The van der Waals surface area contributed by atoms with Crippen molar-refractivity contribution in [3.05, 3.63) is 0 Å². The summed E-state index contributed by atoms with van der Waals surface area (Å²) in [4.78, 5) is 0. The molecule has 0 fully saturated rings. The first-order valence-corrected chi connectivity index (χ1v) is 8.90. The Balaban J connectivity index is 3.79. The van der Waals surface area contributed by atoms with Gasteiger partial charge in [0.2, 0.25) is 0 Å². The molecule has 0 aromatic rings. The van der Waals surface area contributed by atoms with Gasteiger partial charge in [0.25, 0.3) is 0 Å². The van der Waals surface area contributed by atoms with Gasteiger partial charge >= 0.3 is 0 Å². The minimum Gasteiger partial charge on any atom is -0.293 e. The van der Waals surface area contributed by atoms with Crippen LogP contribution < -0.4 is 0 Å². The van der Waals surface area contributed by atoms with E-state index in [2.05, 4.69) is 24.7 Å². The molecule has 0 aliphatic carbocycles. The van der Waals surface area contributed by atoms with Crippen molar-refractivity contribution in [2.45, 2.75) is 71.1 Å². The van der Waals surface area contributed by atoms with Crippen molar-refractivity contribution in [3.63, 3.8) is 0 Å². The van der Waals surface area contributed by atoms with E-state index in [1.54, 1.807) is 0 Å². The molecule has 0 heterocycles. The van der Waals surface area contributed by atoms with Gasteiger partial charge in [0.05, 0.1) is 6.54 Å². The fourth-order valence-electron chi connectivity index (χ4n) is 2.92. The molecule has 1 heteroatoms. The molecule has 0 aromatic carbocycles. The molecule has 0 spiro atoms. The van der Waals surface area contributed by atoms with Crippen LogP contribution in [-0.2, 0) is 0 Å². The molecule has 122 valence electrons. The van der Waals surface area contributed by atoms with Crippen LogP contribution in [0, 0.1) is 37.0 Å². The molecule has 22 heavy (non-hydrogen) atoms. The molecule has 0 rings (SSSR count). The molecule has 0 aliphatic heterocycles. The molecule has 0 N–H and O–H groups in total. The van der Waals surface area contributed by atoms with Crippen molar-refractivity contribution in [1.82, 2.24) is 0 Å². The monoisotopic (exact) mass is 300 g/mol. The molecule has 0 aliphatic rings. The van der Waals surface area contributed by atoms with Crippen LogP contribution in [0.2, 0.25) is 0 Å². The van der Waals surface area contributed by atoms with Gasteiger partial charge in [-0.2, -0.15) is 0 Å². The molecule has 0 radical (unpaired) electrons. The van der Waals surface area contributed by atoms with Crippen molar-refractivity contribution >= 4 is 0 Å². The Morgan fingerprint density at radius 3 is 1.32 bits per heavy atom. The summed E-state index contributed by atoms with van der Waals surface area (Å²) < 4.78 is 0.695. The standard InChI is InChI=1S/C21H34N/c1-5-9-10-11-12-13-14-15-16-17-21-22(18-6-2,19-7-3)20-8-4/h2-4H,5,9-21H2,1H3/q+1. The Morgan fingerprint density at radius 2 is 0.955 bits per heavy atom. The van der Waals surface area contributed by atoms with Crippen LogP contribution >= 0.6 is 0 Å². The summed E-state index contributed by atoms with van der Waals surface area (Å²) in [7, 11) is 0. The summed E-state index contributed by atoms with van der Waals surface area (Å²) in [6, 6.07) is 0. The SMILES string of the molecule is C#CC[N+](CC#C)(CC#C)CCCCCCCCCCCC. The first-order chi connectivity index (χ1) is 10.7. The number of hydrogen-bond donors (Lipinski definition) is 0. The van der Waals surface area contributed by atoms with Gasteiger partial charge in [-0.3, -0.25) is 4.48 Å². The molecule has 0 aromatic heterocycles. The Labute approximate surface area is 139 Å². The topological polar surface area (TPSA) is 0 Å². The Bertz CT molecular complexity index is 333. The van der Waals surface area contributed by atoms with E-state index in [1.807, 2.05) is 0 Å². The fraction of sp³-hybridized carbons (Fsp3) is 0.714. The third kappa shape index (κ3) is 10.4. The Morgan fingerprint density at radius 1 is 0.591 bits per heavy atom. The number of hydrogen-bond acceptors (Lipinski definition) is 0. The quantitative estimate of drug-likeness (QED) is 0.249. The van der Waals surface area contributed by atoms with Crippen LogP contribution in [-0.4, -0.2) is 30.7 Å². The van der Waals surface area contributed by atoms with E-state index in [4.69, 9.17) is 19.3 Å². The van der Waals surface area contributed by atoms with Crippen molar-refractivity contribution < 1.29 is 4.48 Å². The van der Waals surface area contributed by atoms with E-state index in [-0.39, 0.29) is 0 Å². The number of nitrogens with zero attached hydrogens (tertiary/aromatic N) is 1. The predicted octanol–water partition coefficient (Wildman–Crippen LogP) is 4.62. The molecule has 1 nitrogen and oxygen atoms in total. The van der Waals surface area contributed by atoms with Gasteiger partial charge < -0.3 is 0 Å². The number of terminal acetylenes is 3. The summed E-state index contributed by atoms with van der Waals surface area (Å²) in [6.07, 6.45) is 29.9. The zero-order chi connectivity index (χ0) is 16.5. The molecule has 0 amide bonds. The van der Waals surface area contributed by atoms with Crippen molar-refractivity contribution in [1.29, 1.82) is 0 Å². The zero-order valence-corrected chi connectivity index (χ0v) is 14.6. The van der Waals surface area contributed by atoms with E-state index in [0.29, 0.717) is 24.1 Å². The highest BCUT2D eigenvalue weighted by Crippen LogP contribution is 2.13. The van der Waals surface area contributed by atoms with Crippen LogP contribution in [0.25, 0.3) is 0 Å². The number of unbranched alkanes of at least 4 members (excludes halogenated alkanes) is 9. The summed E-state index contributed by atoms with van der Waals surface area (Å²) >= 11 is 0. The minimum atomic E-state index is 0.645. The lowest BCUT2D eigenvalue weighted by molar-refractivity contribution is -0.908. The predicted molar refractivity (Wildman–Crippen MR) is 98.1 cm³/mol. The van der Waals surface area contributed by atoms with E-state index in [9.17, 15) is 0 Å². The highest BCUT2D eigenvalue weighted by atomic mass is 15.3. The first-order valence-electron chi connectivity index (χ1n) is 8.90. The van der Waals surface area contributed by atoms with Gasteiger partial charge in [0, 0.05) is 0 Å². The van der Waals surface area contributed by atoms with E-state index >= 15 is 0 Å². The van der Waals surface area contributed by atoms with Crippen molar-refractivity contribution in [2.24, 2.45) is 0 Å². The van der Waals surface area contributed by atoms with Gasteiger partial charge in [-0.25, -0.2) is 0 Å². The third-order valence-electron chi connectivity index (χ3n) is 4.27. The summed E-state index contributed by atoms with van der Waals surface area (Å²) in [5, 5.41) is 0. The molecule has 0 atom stereocenters. The lowest BCUT2D eigenvalue weighted by Crippen LogP contribution is -2.49. The maximum absolute atomic E-state index is 5.49. The van der Waals surface area contributed by atoms with Crippen molar-refractivity contribution in [2.75, 3.05) is 26.2 Å². The minimum absolute atomic E-state index is 0.645. The summed E-state index contributed by atoms with van der Waals surface area (Å²) in [6.45, 7) is 5.21. The van der Waals surface area contributed by atoms with Gasteiger partial charge in [-0.1, -0.05) is 58.3 Å². The first kappa shape index (κ1) is 20.6. The second kappa shape index (κ2) is 14.6. The second-order valence-corrected chi connectivity index (χ2v) is 6.33. The summed E-state index contributed by atoms with van der Waals surface area (Å²) in [5.74, 6) is 8.23. The highest BCUT2D eigenvalue weighted by molar-refractivity contribution is 4.92. The second-order valence-electron chi connectivity index (χ2n) is 6.33. The maximum Gasteiger partial charge on any atom is 0.142 e. The number of quaternary nitrogens is 1. The molecule has 0 saturated carbocycles. The fourth-order valence-corrected chi connectivity index (χ4v) is 2.92. The van der Waals surface area contributed by atoms with Gasteiger partial charge in [-0.15, -0.1) is 19.3 Å². The van der Waals surface area contributed by atoms with Crippen LogP contribution in [0.15, 0.2) is 0 Å². The molecule has 0 unspecified atom stereocenters. The smallest absolute Gasteiger partial charge is 0.142 e. The zero-order valence-electron chi connectivity index (χ0n) is 14.6. The lowest BCUT2D eigenvalue weighted by atomic mass is 10.1. The van der Waals surface area contributed by atoms with E-state index in [1.165, 1.54) is 64.2 Å². The third-order valence-corrected chi connectivity index (χ3v) is 4.27. The van der Waals surface area contributed by atoms with Crippen molar-refractivity contribution in [3.8, 4) is 37.0 Å². The van der Waals surface area contributed by atoms with Gasteiger partial charge in [-0.05, 0) is 30.6 Å². The van der Waals surface area contributed by atoms with Crippen LogP contribution in [0.4, 0.5) is 0 Å². The molecular formula is C21H34N+. The molecular weight excluding hydrogens is 266 g/mol. The van der Waals surface area contributed by atoms with Gasteiger partial charge in [0.15, 0.2) is 0 Å². The van der Waals surface area contributed by atoms with Crippen LogP contribution in [0.3, 0.4) is 0 Å². The maximum atomic E-state index is 5.49. The summed E-state index contributed by atoms with van der Waals surface area (Å²) in [5.41, 5.74) is 0.